The number of rotatable bonds is 6. The zero-order chi connectivity index (χ0) is 19.5. The zero-order valence-electron chi connectivity index (χ0n) is 14.3. The van der Waals surface area contributed by atoms with Gasteiger partial charge in [-0.15, -0.1) is 0 Å². The highest BCUT2D eigenvalue weighted by atomic mass is 35.5. The van der Waals surface area contributed by atoms with Crippen LogP contribution in [0.3, 0.4) is 0 Å². The summed E-state index contributed by atoms with van der Waals surface area (Å²) in [5, 5.41) is 3.37. The van der Waals surface area contributed by atoms with E-state index in [0.717, 1.165) is 5.56 Å². The smallest absolute Gasteiger partial charge is 0.242 e. The van der Waals surface area contributed by atoms with Crippen molar-refractivity contribution in [2.75, 3.05) is 12.4 Å². The number of hydrogen-bond donors (Lipinski definition) is 2. The number of anilines is 1. The normalized spacial score (nSPS) is 12.5. The number of methoxy groups -OCH3 is 1. The molecule has 2 N–H and O–H groups in total. The number of benzene rings is 2. The maximum absolute atomic E-state index is 12.5. The Kier molecular flexibility index (Phi) is 6.52. The molecule has 26 heavy (non-hydrogen) atoms. The Bertz CT molecular complexity index is 932. The summed E-state index contributed by atoms with van der Waals surface area (Å²) in [6.45, 7) is 3.24. The standard InChI is InChI=1S/C17H18Cl2N2O4S/c1-10-8-12(18)4-6-15(10)20-17(22)11(2)21-26(23,24)13-5-7-16(25-3)14(19)9-13/h4-9,11,21H,1-3H3,(H,20,22)/t11-/m1/s1. The average Bonchev–Trinajstić information content (AvgIpc) is 2.56. The van der Waals surface area contributed by atoms with Crippen LogP contribution in [0.4, 0.5) is 5.69 Å². The van der Waals surface area contributed by atoms with Crippen LogP contribution in [0.1, 0.15) is 12.5 Å². The lowest BCUT2D eigenvalue weighted by atomic mass is 10.2. The maximum Gasteiger partial charge on any atom is 0.242 e. The molecule has 1 amide bonds. The van der Waals surface area contributed by atoms with E-state index in [-0.39, 0.29) is 9.92 Å². The summed E-state index contributed by atoms with van der Waals surface area (Å²) in [5.74, 6) is -0.145. The molecular weight excluding hydrogens is 399 g/mol. The molecule has 0 radical (unpaired) electrons. The number of halogens is 2. The lowest BCUT2D eigenvalue weighted by Crippen LogP contribution is -2.41. The molecule has 0 aliphatic rings. The van der Waals surface area contributed by atoms with Gasteiger partial charge in [0.2, 0.25) is 15.9 Å². The Hall–Kier alpha value is -1.80. The summed E-state index contributed by atoms with van der Waals surface area (Å²) < 4.78 is 32.2. The van der Waals surface area contributed by atoms with Crippen molar-refractivity contribution in [1.29, 1.82) is 0 Å². The van der Waals surface area contributed by atoms with Crippen molar-refractivity contribution in [2.24, 2.45) is 0 Å². The molecule has 0 aliphatic heterocycles. The molecule has 0 saturated heterocycles. The van der Waals surface area contributed by atoms with Crippen LogP contribution in [0.25, 0.3) is 0 Å². The van der Waals surface area contributed by atoms with E-state index in [1.165, 1.54) is 32.2 Å². The van der Waals surface area contributed by atoms with Crippen LogP contribution in [0.2, 0.25) is 10.0 Å². The fourth-order valence-corrected chi connectivity index (χ4v) is 3.95. The third-order valence-electron chi connectivity index (χ3n) is 3.61. The maximum atomic E-state index is 12.5. The molecule has 0 aromatic heterocycles. The first-order valence-corrected chi connectivity index (χ1v) is 9.81. The molecule has 140 valence electrons. The first kappa shape index (κ1) is 20.5. The third kappa shape index (κ3) is 4.88. The topological polar surface area (TPSA) is 84.5 Å². The van der Waals surface area contributed by atoms with Crippen LogP contribution >= 0.6 is 23.2 Å². The third-order valence-corrected chi connectivity index (χ3v) is 5.67. The van der Waals surface area contributed by atoms with Crippen LogP contribution in [0.5, 0.6) is 5.75 Å². The van der Waals surface area contributed by atoms with Gasteiger partial charge < -0.3 is 10.1 Å². The van der Waals surface area contributed by atoms with Gasteiger partial charge in [-0.25, -0.2) is 8.42 Å². The highest BCUT2D eigenvalue weighted by Crippen LogP contribution is 2.27. The van der Waals surface area contributed by atoms with Crippen LogP contribution in [0.15, 0.2) is 41.3 Å². The first-order valence-electron chi connectivity index (χ1n) is 7.57. The van der Waals surface area contributed by atoms with Crippen LogP contribution in [0, 0.1) is 6.92 Å². The Balaban J connectivity index is 2.13. The van der Waals surface area contributed by atoms with Gasteiger partial charge in [-0.3, -0.25) is 4.79 Å². The van der Waals surface area contributed by atoms with E-state index in [1.54, 1.807) is 25.1 Å². The van der Waals surface area contributed by atoms with Gasteiger partial charge in [-0.1, -0.05) is 23.2 Å². The van der Waals surface area contributed by atoms with Crippen molar-refractivity contribution in [3.8, 4) is 5.75 Å². The van der Waals surface area contributed by atoms with Gasteiger partial charge in [0.25, 0.3) is 0 Å². The molecule has 6 nitrogen and oxygen atoms in total. The van der Waals surface area contributed by atoms with Crippen molar-refractivity contribution in [2.45, 2.75) is 24.8 Å². The molecule has 2 aromatic carbocycles. The van der Waals surface area contributed by atoms with Crippen LogP contribution in [-0.4, -0.2) is 27.5 Å². The van der Waals surface area contributed by atoms with Gasteiger partial charge >= 0.3 is 0 Å². The van der Waals surface area contributed by atoms with Gasteiger partial charge in [0.05, 0.1) is 23.1 Å². The van der Waals surface area contributed by atoms with Crippen molar-refractivity contribution in [1.82, 2.24) is 4.72 Å². The minimum Gasteiger partial charge on any atom is -0.495 e. The van der Waals surface area contributed by atoms with Crippen molar-refractivity contribution in [3.05, 3.63) is 52.0 Å². The van der Waals surface area contributed by atoms with Gasteiger partial charge in [-0.05, 0) is 55.8 Å². The van der Waals surface area contributed by atoms with Gasteiger partial charge in [0.1, 0.15) is 5.75 Å². The van der Waals surface area contributed by atoms with E-state index >= 15 is 0 Å². The molecular formula is C17H18Cl2N2O4S. The minimum absolute atomic E-state index is 0.0642. The molecule has 0 spiro atoms. The number of carbonyl (C=O) groups excluding carboxylic acids is 1. The largest absolute Gasteiger partial charge is 0.495 e. The quantitative estimate of drug-likeness (QED) is 0.752. The second-order valence-electron chi connectivity index (χ2n) is 5.59. The predicted octanol–water partition coefficient (Wildman–Crippen LogP) is 3.62. The monoisotopic (exact) mass is 416 g/mol. The molecule has 2 aromatic rings. The SMILES string of the molecule is COc1ccc(S(=O)(=O)N[C@H](C)C(=O)Nc2ccc(Cl)cc2C)cc1Cl. The molecule has 0 bridgehead atoms. The van der Waals surface area contributed by atoms with Crippen molar-refractivity contribution >= 4 is 44.8 Å². The number of sulfonamides is 1. The van der Waals surface area contributed by atoms with Gasteiger partial charge in [0.15, 0.2) is 0 Å². The second kappa shape index (κ2) is 8.26. The summed E-state index contributed by atoms with van der Waals surface area (Å²) in [7, 11) is -2.50. The molecule has 1 atom stereocenters. The van der Waals surface area contributed by atoms with Gasteiger partial charge in [0, 0.05) is 10.7 Å². The summed E-state index contributed by atoms with van der Waals surface area (Å²) in [4.78, 5) is 12.2. The zero-order valence-corrected chi connectivity index (χ0v) is 16.7. The summed E-state index contributed by atoms with van der Waals surface area (Å²) in [6, 6.07) is 8.04. The van der Waals surface area contributed by atoms with E-state index in [4.69, 9.17) is 27.9 Å². The first-order chi connectivity index (χ1) is 12.1. The molecule has 0 fully saturated rings. The molecule has 9 heteroatoms. The summed E-state index contributed by atoms with van der Waals surface area (Å²) in [5.41, 5.74) is 1.32. The minimum atomic E-state index is -3.93. The highest BCUT2D eigenvalue weighted by Gasteiger charge is 2.23. The second-order valence-corrected chi connectivity index (χ2v) is 8.15. The number of hydrogen-bond acceptors (Lipinski definition) is 4. The summed E-state index contributed by atoms with van der Waals surface area (Å²) >= 11 is 11.8. The fourth-order valence-electron chi connectivity index (χ4n) is 2.18. The molecule has 0 unspecified atom stereocenters. The van der Waals surface area contributed by atoms with Crippen LogP contribution in [-0.2, 0) is 14.8 Å². The van der Waals surface area contributed by atoms with E-state index in [1.807, 2.05) is 0 Å². The Labute approximate surface area is 162 Å². The Morgan fingerprint density at radius 1 is 1.15 bits per heavy atom. The van der Waals surface area contributed by atoms with Crippen molar-refractivity contribution in [3.63, 3.8) is 0 Å². The van der Waals surface area contributed by atoms with Gasteiger partial charge in [-0.2, -0.15) is 4.72 Å². The molecule has 0 saturated carbocycles. The Morgan fingerprint density at radius 2 is 1.85 bits per heavy atom. The number of carbonyl (C=O) groups is 1. The molecule has 0 heterocycles. The number of nitrogens with one attached hydrogen (secondary N) is 2. The van der Waals surface area contributed by atoms with E-state index in [0.29, 0.717) is 16.5 Å². The van der Waals surface area contributed by atoms with Crippen molar-refractivity contribution < 1.29 is 17.9 Å². The van der Waals surface area contributed by atoms with Crippen LogP contribution < -0.4 is 14.8 Å². The van der Waals surface area contributed by atoms with E-state index < -0.39 is 22.0 Å². The predicted molar refractivity (Wildman–Crippen MR) is 103 cm³/mol. The number of ether oxygens (including phenoxy) is 1. The summed E-state index contributed by atoms with van der Waals surface area (Å²) in [6.07, 6.45) is 0. The number of aryl methyl sites for hydroxylation is 1. The lowest BCUT2D eigenvalue weighted by molar-refractivity contribution is -0.117. The van der Waals surface area contributed by atoms with E-state index in [2.05, 4.69) is 10.0 Å². The lowest BCUT2D eigenvalue weighted by Gasteiger charge is -2.16. The Morgan fingerprint density at radius 3 is 2.42 bits per heavy atom. The fraction of sp³-hybridized carbons (Fsp3) is 0.235. The molecule has 2 rings (SSSR count). The highest BCUT2D eigenvalue weighted by molar-refractivity contribution is 7.89. The van der Waals surface area contributed by atoms with E-state index in [9.17, 15) is 13.2 Å². The molecule has 0 aliphatic carbocycles. The average molecular weight is 417 g/mol. The number of amides is 1.